The molecule has 0 fully saturated rings. The lowest BCUT2D eigenvalue weighted by molar-refractivity contribution is -0.113. The summed E-state index contributed by atoms with van der Waals surface area (Å²) in [7, 11) is -3.82. The minimum absolute atomic E-state index is 0.0253. The van der Waals surface area contributed by atoms with Gasteiger partial charge in [0.25, 0.3) is 0 Å². The molecular weight excluding hydrogens is 344 g/mol. The van der Waals surface area contributed by atoms with Crippen LogP contribution in [-0.4, -0.2) is 30.3 Å². The first kappa shape index (κ1) is 16.9. The van der Waals surface area contributed by atoms with E-state index in [0.717, 1.165) is 11.1 Å². The smallest absolute Gasteiger partial charge is 0.238 e. The highest BCUT2D eigenvalue weighted by Gasteiger charge is 2.14. The number of primary sulfonamides is 1. The number of sulfonamides is 1. The Bertz CT molecular complexity index is 788. The molecule has 0 atom stereocenters. The molecule has 2 aromatic rings. The molecule has 22 heavy (non-hydrogen) atoms. The Hall–Kier alpha value is -1.49. The largest absolute Gasteiger partial charge is 0.325 e. The van der Waals surface area contributed by atoms with Crippen molar-refractivity contribution in [2.24, 2.45) is 5.14 Å². The Labute approximate surface area is 136 Å². The molecule has 3 N–H and O–H groups in total. The minimum Gasteiger partial charge on any atom is -0.325 e. The van der Waals surface area contributed by atoms with Gasteiger partial charge in [0.15, 0.2) is 4.34 Å². The number of nitrogens with zero attached hydrogens (tertiary/aromatic N) is 2. The van der Waals surface area contributed by atoms with Crippen molar-refractivity contribution < 1.29 is 13.2 Å². The molecule has 0 aliphatic carbocycles. The molecule has 118 valence electrons. The fourth-order valence-corrected chi connectivity index (χ4v) is 3.57. The molecule has 0 saturated heterocycles. The zero-order chi connectivity index (χ0) is 16.3. The van der Waals surface area contributed by atoms with Crippen molar-refractivity contribution in [3.63, 3.8) is 0 Å². The topological polar surface area (TPSA) is 115 Å². The van der Waals surface area contributed by atoms with E-state index in [0.29, 0.717) is 10.0 Å². The average molecular weight is 358 g/mol. The third-order valence-corrected chi connectivity index (χ3v) is 5.66. The second-order valence-electron chi connectivity index (χ2n) is 4.50. The quantitative estimate of drug-likeness (QED) is 0.783. The third-order valence-electron chi connectivity index (χ3n) is 2.91. The fraction of sp³-hybridized carbons (Fsp3) is 0.250. The van der Waals surface area contributed by atoms with E-state index in [-0.39, 0.29) is 16.6 Å². The van der Waals surface area contributed by atoms with E-state index in [1.165, 1.54) is 35.2 Å². The standard InChI is InChI=1S/C12H14N4O3S3/c1-7-3-9(22(13,18)19)4-10(8(7)2)15-11(17)5-20-12-16-14-6-21-12/h3-4,6H,5H2,1-2H3,(H,15,17)(H2,13,18,19). The summed E-state index contributed by atoms with van der Waals surface area (Å²) >= 11 is 2.61. The second kappa shape index (κ2) is 6.73. The molecule has 0 unspecified atom stereocenters. The van der Waals surface area contributed by atoms with Gasteiger partial charge in [0.2, 0.25) is 15.9 Å². The lowest BCUT2D eigenvalue weighted by atomic mass is 10.1. The summed E-state index contributed by atoms with van der Waals surface area (Å²) in [6, 6.07) is 2.85. The number of carbonyl (C=O) groups is 1. The molecule has 0 bridgehead atoms. The highest BCUT2D eigenvalue weighted by atomic mass is 32.2. The number of carbonyl (C=O) groups excluding carboxylic acids is 1. The SMILES string of the molecule is Cc1cc(S(N)(=O)=O)cc(NC(=O)CSc2nncs2)c1C. The van der Waals surface area contributed by atoms with Gasteiger partial charge < -0.3 is 5.32 Å². The molecule has 0 aliphatic heterocycles. The van der Waals surface area contributed by atoms with Crippen LogP contribution in [0.4, 0.5) is 5.69 Å². The number of benzene rings is 1. The summed E-state index contributed by atoms with van der Waals surface area (Å²) in [5.74, 6) is -0.0953. The lowest BCUT2D eigenvalue weighted by Gasteiger charge is -2.12. The van der Waals surface area contributed by atoms with Crippen molar-refractivity contribution in [3.8, 4) is 0 Å². The van der Waals surface area contributed by atoms with Gasteiger partial charge in [-0.05, 0) is 37.1 Å². The molecule has 2 rings (SSSR count). The molecule has 7 nitrogen and oxygen atoms in total. The van der Waals surface area contributed by atoms with Gasteiger partial charge in [-0.2, -0.15) is 0 Å². The van der Waals surface area contributed by atoms with Crippen LogP contribution < -0.4 is 10.5 Å². The summed E-state index contributed by atoms with van der Waals surface area (Å²) in [6.07, 6.45) is 0. The van der Waals surface area contributed by atoms with E-state index in [1.54, 1.807) is 19.4 Å². The average Bonchev–Trinajstić information content (AvgIpc) is 2.93. The number of amides is 1. The number of hydrogen-bond donors (Lipinski definition) is 2. The van der Waals surface area contributed by atoms with Crippen LogP contribution in [0.15, 0.2) is 26.9 Å². The molecule has 1 heterocycles. The number of thioether (sulfide) groups is 1. The van der Waals surface area contributed by atoms with Crippen LogP contribution in [0, 0.1) is 13.8 Å². The maximum atomic E-state index is 12.0. The Kier molecular flexibility index (Phi) is 5.16. The normalized spacial score (nSPS) is 11.4. The number of aromatic nitrogens is 2. The van der Waals surface area contributed by atoms with E-state index in [2.05, 4.69) is 15.5 Å². The van der Waals surface area contributed by atoms with E-state index in [9.17, 15) is 13.2 Å². The molecule has 0 saturated carbocycles. The van der Waals surface area contributed by atoms with Gasteiger partial charge in [0, 0.05) is 5.69 Å². The summed E-state index contributed by atoms with van der Waals surface area (Å²) in [5.41, 5.74) is 3.55. The number of anilines is 1. The van der Waals surface area contributed by atoms with Gasteiger partial charge in [0.1, 0.15) is 5.51 Å². The Balaban J connectivity index is 2.14. The highest BCUT2D eigenvalue weighted by molar-refractivity contribution is 8.01. The van der Waals surface area contributed by atoms with Crippen LogP contribution in [0.5, 0.6) is 0 Å². The zero-order valence-electron chi connectivity index (χ0n) is 11.9. The van der Waals surface area contributed by atoms with Crippen LogP contribution in [0.3, 0.4) is 0 Å². The Morgan fingerprint density at radius 2 is 2.14 bits per heavy atom. The third kappa shape index (κ3) is 4.26. The van der Waals surface area contributed by atoms with Gasteiger partial charge in [-0.25, -0.2) is 13.6 Å². The van der Waals surface area contributed by atoms with Crippen molar-refractivity contribution in [2.75, 3.05) is 11.1 Å². The molecule has 1 aromatic carbocycles. The second-order valence-corrected chi connectivity index (χ2v) is 8.12. The predicted molar refractivity (Wildman–Crippen MR) is 86.6 cm³/mol. The van der Waals surface area contributed by atoms with Crippen LogP contribution in [-0.2, 0) is 14.8 Å². The molecule has 1 amide bonds. The van der Waals surface area contributed by atoms with Gasteiger partial charge >= 0.3 is 0 Å². The number of nitrogens with two attached hydrogens (primary N) is 1. The highest BCUT2D eigenvalue weighted by Crippen LogP contribution is 2.24. The molecule has 1 aromatic heterocycles. The van der Waals surface area contributed by atoms with Crippen LogP contribution in [0.25, 0.3) is 0 Å². The summed E-state index contributed by atoms with van der Waals surface area (Å²) < 4.78 is 23.6. The minimum atomic E-state index is -3.82. The van der Waals surface area contributed by atoms with E-state index in [1.807, 2.05) is 0 Å². The van der Waals surface area contributed by atoms with E-state index in [4.69, 9.17) is 5.14 Å². The maximum absolute atomic E-state index is 12.0. The van der Waals surface area contributed by atoms with Crippen molar-refractivity contribution in [1.29, 1.82) is 0 Å². The molecular formula is C12H14N4O3S3. The number of nitrogens with one attached hydrogen (secondary N) is 1. The fourth-order valence-electron chi connectivity index (χ4n) is 1.66. The summed E-state index contributed by atoms with van der Waals surface area (Å²) in [6.45, 7) is 3.56. The van der Waals surface area contributed by atoms with Crippen LogP contribution >= 0.6 is 23.1 Å². The van der Waals surface area contributed by atoms with Crippen molar-refractivity contribution in [3.05, 3.63) is 28.8 Å². The number of aryl methyl sites for hydroxylation is 1. The molecule has 0 spiro atoms. The van der Waals surface area contributed by atoms with Crippen molar-refractivity contribution >= 4 is 44.7 Å². The number of rotatable bonds is 5. The van der Waals surface area contributed by atoms with E-state index >= 15 is 0 Å². The van der Waals surface area contributed by atoms with Crippen LogP contribution in [0.2, 0.25) is 0 Å². The maximum Gasteiger partial charge on any atom is 0.238 e. The summed E-state index contributed by atoms with van der Waals surface area (Å²) in [5, 5.41) is 15.4. The Morgan fingerprint density at radius 1 is 1.41 bits per heavy atom. The predicted octanol–water partition coefficient (Wildman–Crippen LogP) is 1.53. The molecule has 10 heteroatoms. The lowest BCUT2D eigenvalue weighted by Crippen LogP contribution is -2.17. The van der Waals surface area contributed by atoms with Crippen molar-refractivity contribution in [1.82, 2.24) is 10.2 Å². The van der Waals surface area contributed by atoms with Gasteiger partial charge in [-0.15, -0.1) is 10.2 Å². The molecule has 0 radical (unpaired) electrons. The first-order chi connectivity index (χ1) is 10.3. The molecule has 0 aliphatic rings. The van der Waals surface area contributed by atoms with Crippen LogP contribution in [0.1, 0.15) is 11.1 Å². The summed E-state index contributed by atoms with van der Waals surface area (Å²) in [4.78, 5) is 12.0. The van der Waals surface area contributed by atoms with Crippen molar-refractivity contribution in [2.45, 2.75) is 23.1 Å². The number of hydrogen-bond acceptors (Lipinski definition) is 7. The zero-order valence-corrected chi connectivity index (χ0v) is 14.3. The van der Waals surface area contributed by atoms with Gasteiger partial charge in [0.05, 0.1) is 10.6 Å². The monoisotopic (exact) mass is 358 g/mol. The first-order valence-corrected chi connectivity index (χ1v) is 9.51. The van der Waals surface area contributed by atoms with Gasteiger partial charge in [-0.1, -0.05) is 23.1 Å². The van der Waals surface area contributed by atoms with E-state index < -0.39 is 10.0 Å². The first-order valence-electron chi connectivity index (χ1n) is 6.10. The van der Waals surface area contributed by atoms with Gasteiger partial charge in [-0.3, -0.25) is 4.79 Å². The Morgan fingerprint density at radius 3 is 2.73 bits per heavy atom.